The highest BCUT2D eigenvalue weighted by atomic mass is 16.5. The van der Waals surface area contributed by atoms with Crippen LogP contribution in [-0.4, -0.2) is 36.4 Å². The summed E-state index contributed by atoms with van der Waals surface area (Å²) >= 11 is 0. The molecule has 1 saturated heterocycles. The summed E-state index contributed by atoms with van der Waals surface area (Å²) < 4.78 is 12.2. The molecule has 3 aromatic rings. The van der Waals surface area contributed by atoms with E-state index in [1.165, 1.54) is 0 Å². The van der Waals surface area contributed by atoms with Gasteiger partial charge in [-0.1, -0.05) is 30.3 Å². The van der Waals surface area contributed by atoms with E-state index in [4.69, 9.17) is 9.15 Å². The van der Waals surface area contributed by atoms with Crippen molar-refractivity contribution in [2.24, 2.45) is 0 Å². The van der Waals surface area contributed by atoms with Gasteiger partial charge in [0.15, 0.2) is 12.0 Å². The summed E-state index contributed by atoms with van der Waals surface area (Å²) in [5.41, 5.74) is 3.60. The van der Waals surface area contributed by atoms with Crippen LogP contribution in [0.3, 0.4) is 0 Å². The van der Waals surface area contributed by atoms with E-state index >= 15 is 0 Å². The average molecular weight is 377 g/mol. The Bertz CT molecular complexity index is 966. The molecular weight excluding hydrogens is 350 g/mol. The van der Waals surface area contributed by atoms with Crippen molar-refractivity contribution >= 4 is 17.3 Å². The molecule has 0 amide bonds. The number of aldehydes is 1. The minimum Gasteiger partial charge on any atom is -0.490 e. The van der Waals surface area contributed by atoms with Crippen molar-refractivity contribution in [2.75, 3.05) is 13.1 Å². The van der Waals surface area contributed by atoms with E-state index in [-0.39, 0.29) is 6.10 Å². The number of aryl methyl sites for hydroxylation is 1. The van der Waals surface area contributed by atoms with Gasteiger partial charge in [0.25, 0.3) is 0 Å². The summed E-state index contributed by atoms with van der Waals surface area (Å²) in [6.45, 7) is 8.67. The van der Waals surface area contributed by atoms with E-state index in [1.54, 1.807) is 0 Å². The Labute approximate surface area is 166 Å². The number of rotatable bonds is 5. The monoisotopic (exact) mass is 377 g/mol. The minimum atomic E-state index is 0.222. The van der Waals surface area contributed by atoms with Crippen molar-refractivity contribution in [1.82, 2.24) is 4.90 Å². The first-order chi connectivity index (χ1) is 13.6. The van der Waals surface area contributed by atoms with Crippen LogP contribution in [0.15, 0.2) is 46.9 Å². The number of hydrogen-bond acceptors (Lipinski definition) is 4. The van der Waals surface area contributed by atoms with Crippen LogP contribution >= 0.6 is 0 Å². The molecule has 28 heavy (non-hydrogen) atoms. The second kappa shape index (κ2) is 7.80. The van der Waals surface area contributed by atoms with Gasteiger partial charge in [-0.25, -0.2) is 0 Å². The summed E-state index contributed by atoms with van der Waals surface area (Å²) in [5.74, 6) is 1.21. The third kappa shape index (κ3) is 3.57. The smallest absolute Gasteiger partial charge is 0.186 e. The van der Waals surface area contributed by atoms with Crippen molar-refractivity contribution in [2.45, 2.75) is 45.8 Å². The predicted octanol–water partition coefficient (Wildman–Crippen LogP) is 5.47. The van der Waals surface area contributed by atoms with E-state index in [0.717, 1.165) is 60.0 Å². The molecule has 4 nitrogen and oxygen atoms in total. The molecule has 4 rings (SSSR count). The highest BCUT2D eigenvalue weighted by molar-refractivity contribution is 6.02. The van der Waals surface area contributed by atoms with Crippen LogP contribution in [0.4, 0.5) is 0 Å². The number of likely N-dealkylation sites (tertiary alicyclic amines) is 1. The van der Waals surface area contributed by atoms with Crippen LogP contribution in [0.5, 0.6) is 5.75 Å². The predicted molar refractivity (Wildman–Crippen MR) is 112 cm³/mol. The fourth-order valence-corrected chi connectivity index (χ4v) is 4.05. The largest absolute Gasteiger partial charge is 0.490 e. The van der Waals surface area contributed by atoms with Gasteiger partial charge in [-0.3, -0.25) is 4.79 Å². The van der Waals surface area contributed by atoms with Gasteiger partial charge in [-0.05, 0) is 50.8 Å². The molecule has 2 heterocycles. The molecule has 146 valence electrons. The lowest BCUT2D eigenvalue weighted by molar-refractivity contribution is 0.0839. The van der Waals surface area contributed by atoms with Crippen LogP contribution in [0.2, 0.25) is 0 Å². The molecule has 4 heteroatoms. The zero-order valence-corrected chi connectivity index (χ0v) is 16.8. The van der Waals surface area contributed by atoms with Crippen molar-refractivity contribution in [1.29, 1.82) is 0 Å². The first kappa shape index (κ1) is 18.8. The van der Waals surface area contributed by atoms with Gasteiger partial charge in [-0.15, -0.1) is 0 Å². The van der Waals surface area contributed by atoms with Crippen molar-refractivity contribution < 1.29 is 13.9 Å². The van der Waals surface area contributed by atoms with E-state index in [1.807, 2.05) is 36.4 Å². The van der Waals surface area contributed by atoms with E-state index in [9.17, 15) is 4.79 Å². The molecule has 1 aliphatic rings. The quantitative estimate of drug-likeness (QED) is 0.553. The standard InChI is InChI=1S/C24H27NO3/c1-16(2)25-11-9-19(10-12-25)27-21-14-22-20(13-17(21)3)24(23(15-26)28-22)18-7-5-4-6-8-18/h4-8,13-16,19H,9-12H2,1-3H3. The fourth-order valence-electron chi connectivity index (χ4n) is 4.05. The zero-order chi connectivity index (χ0) is 19.7. The maximum atomic E-state index is 11.6. The van der Waals surface area contributed by atoms with Crippen LogP contribution in [0, 0.1) is 6.92 Å². The van der Waals surface area contributed by atoms with Crippen LogP contribution < -0.4 is 4.74 Å². The minimum absolute atomic E-state index is 0.222. The number of carbonyl (C=O) groups excluding carboxylic acids is 1. The lowest BCUT2D eigenvalue weighted by Crippen LogP contribution is -2.41. The molecule has 0 bridgehead atoms. The van der Waals surface area contributed by atoms with Crippen LogP contribution in [0.25, 0.3) is 22.1 Å². The number of hydrogen-bond donors (Lipinski definition) is 0. The number of benzene rings is 2. The van der Waals surface area contributed by atoms with E-state index in [2.05, 4.69) is 31.7 Å². The van der Waals surface area contributed by atoms with Crippen LogP contribution in [0.1, 0.15) is 42.8 Å². The van der Waals surface area contributed by atoms with Gasteiger partial charge in [0.2, 0.25) is 0 Å². The van der Waals surface area contributed by atoms with Gasteiger partial charge in [-0.2, -0.15) is 0 Å². The van der Waals surface area contributed by atoms with Gasteiger partial charge < -0.3 is 14.1 Å². The molecule has 1 fully saturated rings. The summed E-state index contributed by atoms with van der Waals surface area (Å²) in [7, 11) is 0. The highest BCUT2D eigenvalue weighted by Crippen LogP contribution is 2.38. The Balaban J connectivity index is 1.64. The van der Waals surface area contributed by atoms with E-state index < -0.39 is 0 Å². The number of fused-ring (bicyclic) bond motifs is 1. The molecule has 2 aromatic carbocycles. The third-order valence-corrected chi connectivity index (χ3v) is 5.68. The van der Waals surface area contributed by atoms with E-state index in [0.29, 0.717) is 17.4 Å². The molecule has 1 aromatic heterocycles. The number of nitrogens with zero attached hydrogens (tertiary/aromatic N) is 1. The van der Waals surface area contributed by atoms with Crippen molar-refractivity contribution in [3.63, 3.8) is 0 Å². The van der Waals surface area contributed by atoms with Crippen molar-refractivity contribution in [3.8, 4) is 16.9 Å². The summed E-state index contributed by atoms with van der Waals surface area (Å²) in [5, 5.41) is 0.952. The topological polar surface area (TPSA) is 42.7 Å². The second-order valence-corrected chi connectivity index (χ2v) is 7.89. The van der Waals surface area contributed by atoms with Crippen LogP contribution in [-0.2, 0) is 0 Å². The average Bonchev–Trinajstić information content (AvgIpc) is 3.06. The lowest BCUT2D eigenvalue weighted by atomic mass is 10.0. The maximum absolute atomic E-state index is 11.6. The Kier molecular flexibility index (Phi) is 5.23. The summed E-state index contributed by atoms with van der Waals surface area (Å²) in [6.07, 6.45) is 3.07. The fraction of sp³-hybridized carbons (Fsp3) is 0.375. The Morgan fingerprint density at radius 3 is 2.50 bits per heavy atom. The Morgan fingerprint density at radius 2 is 1.86 bits per heavy atom. The normalized spacial score (nSPS) is 16.0. The first-order valence-corrected chi connectivity index (χ1v) is 10.0. The maximum Gasteiger partial charge on any atom is 0.186 e. The molecule has 0 aliphatic carbocycles. The highest BCUT2D eigenvalue weighted by Gasteiger charge is 2.23. The molecule has 1 aliphatic heterocycles. The third-order valence-electron chi connectivity index (χ3n) is 5.68. The molecule has 0 spiro atoms. The molecule has 0 radical (unpaired) electrons. The molecule has 0 unspecified atom stereocenters. The first-order valence-electron chi connectivity index (χ1n) is 10.0. The Hall–Kier alpha value is -2.59. The van der Waals surface area contributed by atoms with Crippen molar-refractivity contribution in [3.05, 3.63) is 53.8 Å². The van der Waals surface area contributed by atoms with Gasteiger partial charge in [0.1, 0.15) is 17.4 Å². The van der Waals surface area contributed by atoms with Gasteiger partial charge in [0, 0.05) is 36.1 Å². The summed E-state index contributed by atoms with van der Waals surface area (Å²) in [4.78, 5) is 14.1. The van der Waals surface area contributed by atoms with Gasteiger partial charge in [0.05, 0.1) is 0 Å². The number of furan rings is 1. The number of piperidine rings is 1. The second-order valence-electron chi connectivity index (χ2n) is 7.89. The SMILES string of the molecule is Cc1cc2c(-c3ccccc3)c(C=O)oc2cc1OC1CCN(C(C)C)CC1. The number of carbonyl (C=O) groups is 1. The van der Waals surface area contributed by atoms with Gasteiger partial charge >= 0.3 is 0 Å². The number of ether oxygens (including phenoxy) is 1. The zero-order valence-electron chi connectivity index (χ0n) is 16.8. The lowest BCUT2D eigenvalue weighted by Gasteiger charge is -2.34. The Morgan fingerprint density at radius 1 is 1.14 bits per heavy atom. The molecule has 0 saturated carbocycles. The molecular formula is C24H27NO3. The molecule has 0 N–H and O–H groups in total. The summed E-state index contributed by atoms with van der Waals surface area (Å²) in [6, 6.07) is 14.5. The molecule has 0 atom stereocenters.